The molecule has 1 aromatic rings. The smallest absolute Gasteiger partial charge is 0.115 e. The quantitative estimate of drug-likeness (QED) is 0.873. The van der Waals surface area contributed by atoms with Gasteiger partial charge in [0.15, 0.2) is 0 Å². The molecule has 3 heteroatoms. The van der Waals surface area contributed by atoms with Crippen molar-refractivity contribution in [2.45, 2.75) is 45.4 Å². The van der Waals surface area contributed by atoms with Gasteiger partial charge in [-0.3, -0.25) is 0 Å². The second kappa shape index (κ2) is 4.88. The molecule has 0 aromatic heterocycles. The van der Waals surface area contributed by atoms with Gasteiger partial charge in [-0.25, -0.2) is 4.39 Å². The molecule has 2 rings (SSSR count). The van der Waals surface area contributed by atoms with Crippen LogP contribution in [0.15, 0.2) is 18.2 Å². The molecule has 1 saturated heterocycles. The molecule has 1 fully saturated rings. The van der Waals surface area contributed by atoms with E-state index < -0.39 is 6.67 Å². The van der Waals surface area contributed by atoms with E-state index in [1.165, 1.54) is 5.56 Å². The summed E-state index contributed by atoms with van der Waals surface area (Å²) in [5, 5.41) is 9.67. The molecule has 1 heterocycles. The molecule has 1 aromatic carbocycles. The molecular formula is C15H22FNO. The molecule has 0 bridgehead atoms. The van der Waals surface area contributed by atoms with Gasteiger partial charge in [0, 0.05) is 18.8 Å². The third-order valence-corrected chi connectivity index (χ3v) is 3.53. The Labute approximate surface area is 108 Å². The second-order valence-corrected chi connectivity index (χ2v) is 6.12. The van der Waals surface area contributed by atoms with Crippen LogP contribution in [0.2, 0.25) is 0 Å². The summed E-state index contributed by atoms with van der Waals surface area (Å²) in [5.41, 5.74) is 3.03. The predicted molar refractivity (Wildman–Crippen MR) is 72.8 cm³/mol. The summed E-state index contributed by atoms with van der Waals surface area (Å²) in [6.07, 6.45) is 0.538. The number of aliphatic hydroxyl groups is 1. The maximum absolute atomic E-state index is 12.8. The van der Waals surface area contributed by atoms with Gasteiger partial charge < -0.3 is 10.0 Å². The largest absolute Gasteiger partial charge is 0.391 e. The van der Waals surface area contributed by atoms with E-state index in [4.69, 9.17) is 0 Å². The molecular weight excluding hydrogens is 229 g/mol. The third-order valence-electron chi connectivity index (χ3n) is 3.53. The van der Waals surface area contributed by atoms with E-state index >= 15 is 0 Å². The number of rotatable bonds is 2. The number of benzene rings is 1. The Bertz CT molecular complexity index is 425. The molecule has 0 radical (unpaired) electrons. The van der Waals surface area contributed by atoms with Crippen LogP contribution in [0.1, 0.15) is 38.3 Å². The van der Waals surface area contributed by atoms with Gasteiger partial charge in [-0.05, 0) is 29.0 Å². The number of hydrogen-bond donors (Lipinski definition) is 1. The topological polar surface area (TPSA) is 23.5 Å². The van der Waals surface area contributed by atoms with Crippen molar-refractivity contribution in [2.75, 3.05) is 18.0 Å². The minimum absolute atomic E-state index is 0.0255. The second-order valence-electron chi connectivity index (χ2n) is 6.12. The van der Waals surface area contributed by atoms with Crippen molar-refractivity contribution in [2.24, 2.45) is 0 Å². The minimum atomic E-state index is -0.437. The van der Waals surface area contributed by atoms with Crippen LogP contribution in [0.4, 0.5) is 10.1 Å². The van der Waals surface area contributed by atoms with Gasteiger partial charge in [0.2, 0.25) is 0 Å². The van der Waals surface area contributed by atoms with Crippen LogP contribution in [0.25, 0.3) is 0 Å². The van der Waals surface area contributed by atoms with Crippen LogP contribution in [-0.4, -0.2) is 24.3 Å². The van der Waals surface area contributed by atoms with Crippen LogP contribution in [0, 0.1) is 0 Å². The van der Waals surface area contributed by atoms with Gasteiger partial charge >= 0.3 is 0 Å². The summed E-state index contributed by atoms with van der Waals surface area (Å²) in [6.45, 7) is 7.54. The van der Waals surface area contributed by atoms with Crippen molar-refractivity contribution in [1.82, 2.24) is 0 Å². The highest BCUT2D eigenvalue weighted by Crippen LogP contribution is 2.34. The number of hydrogen-bond acceptors (Lipinski definition) is 2. The summed E-state index contributed by atoms with van der Waals surface area (Å²) in [4.78, 5) is 2.17. The summed E-state index contributed by atoms with van der Waals surface area (Å²) < 4.78 is 12.8. The van der Waals surface area contributed by atoms with Crippen LogP contribution >= 0.6 is 0 Å². The Hall–Kier alpha value is -1.09. The van der Waals surface area contributed by atoms with E-state index in [2.05, 4.69) is 25.7 Å². The zero-order valence-electron chi connectivity index (χ0n) is 11.4. The van der Waals surface area contributed by atoms with Gasteiger partial charge in [0.25, 0.3) is 0 Å². The van der Waals surface area contributed by atoms with Crippen molar-refractivity contribution in [3.63, 3.8) is 0 Å². The third kappa shape index (κ3) is 2.66. The average Bonchev–Trinajstić information content (AvgIpc) is 2.74. The Morgan fingerprint density at radius 2 is 2.11 bits per heavy atom. The summed E-state index contributed by atoms with van der Waals surface area (Å²) in [7, 11) is 0. The molecule has 1 aliphatic heterocycles. The number of alkyl halides is 1. The number of nitrogens with zero attached hydrogens (tertiary/aromatic N) is 1. The highest BCUT2D eigenvalue weighted by Gasteiger charge is 2.26. The standard InChI is InChI=1S/C15H22FNO/c1-15(2,3)13-5-4-11(9-16)8-14(13)17-7-6-12(18)10-17/h4-5,8,12,18H,6-7,9-10H2,1-3H3. The lowest BCUT2D eigenvalue weighted by Gasteiger charge is -2.29. The van der Waals surface area contributed by atoms with Crippen molar-refractivity contribution in [3.05, 3.63) is 29.3 Å². The molecule has 0 amide bonds. The lowest BCUT2D eigenvalue weighted by molar-refractivity contribution is 0.198. The van der Waals surface area contributed by atoms with Gasteiger partial charge in [-0.1, -0.05) is 32.9 Å². The highest BCUT2D eigenvalue weighted by atomic mass is 19.1. The van der Waals surface area contributed by atoms with Gasteiger partial charge in [0.1, 0.15) is 6.67 Å². The Kier molecular flexibility index (Phi) is 3.62. The van der Waals surface area contributed by atoms with Crippen LogP contribution in [-0.2, 0) is 12.1 Å². The van der Waals surface area contributed by atoms with Crippen molar-refractivity contribution in [3.8, 4) is 0 Å². The summed E-state index contributed by atoms with van der Waals surface area (Å²) >= 11 is 0. The number of aliphatic hydroxyl groups excluding tert-OH is 1. The molecule has 1 unspecified atom stereocenters. The normalized spacial score (nSPS) is 20.5. The van der Waals surface area contributed by atoms with Gasteiger partial charge in [-0.2, -0.15) is 0 Å². The fourth-order valence-corrected chi connectivity index (χ4v) is 2.52. The minimum Gasteiger partial charge on any atom is -0.391 e. The maximum Gasteiger partial charge on any atom is 0.115 e. The zero-order chi connectivity index (χ0) is 13.3. The SMILES string of the molecule is CC(C)(C)c1ccc(CF)cc1N1CCC(O)C1. The molecule has 0 saturated carbocycles. The van der Waals surface area contributed by atoms with E-state index in [0.717, 1.165) is 18.7 Å². The van der Waals surface area contributed by atoms with Crippen molar-refractivity contribution in [1.29, 1.82) is 0 Å². The van der Waals surface area contributed by atoms with E-state index in [-0.39, 0.29) is 11.5 Å². The van der Waals surface area contributed by atoms with Crippen LogP contribution < -0.4 is 4.90 Å². The molecule has 100 valence electrons. The van der Waals surface area contributed by atoms with E-state index in [0.29, 0.717) is 12.1 Å². The first kappa shape index (κ1) is 13.3. The fraction of sp³-hybridized carbons (Fsp3) is 0.600. The molecule has 0 aliphatic carbocycles. The van der Waals surface area contributed by atoms with Gasteiger partial charge in [-0.15, -0.1) is 0 Å². The zero-order valence-corrected chi connectivity index (χ0v) is 11.4. The first-order chi connectivity index (χ1) is 8.41. The van der Waals surface area contributed by atoms with E-state index in [9.17, 15) is 9.50 Å². The van der Waals surface area contributed by atoms with Crippen LogP contribution in [0.3, 0.4) is 0 Å². The average molecular weight is 251 g/mol. The Balaban J connectivity index is 2.41. The molecule has 1 N–H and O–H groups in total. The number of β-amino-alcohol motifs (C(OH)–C–C–N with tert-alkyl or cyclic N) is 1. The summed E-state index contributed by atoms with van der Waals surface area (Å²) in [6, 6.07) is 5.81. The monoisotopic (exact) mass is 251 g/mol. The molecule has 1 atom stereocenters. The maximum atomic E-state index is 12.8. The van der Waals surface area contributed by atoms with E-state index in [1.54, 1.807) is 0 Å². The first-order valence-electron chi connectivity index (χ1n) is 6.54. The molecule has 0 spiro atoms. The fourth-order valence-electron chi connectivity index (χ4n) is 2.52. The Morgan fingerprint density at radius 1 is 1.39 bits per heavy atom. The first-order valence-corrected chi connectivity index (χ1v) is 6.54. The molecule has 2 nitrogen and oxygen atoms in total. The van der Waals surface area contributed by atoms with Crippen molar-refractivity contribution < 1.29 is 9.50 Å². The highest BCUT2D eigenvalue weighted by molar-refractivity contribution is 5.59. The summed E-state index contributed by atoms with van der Waals surface area (Å²) in [5.74, 6) is 0. The molecule has 1 aliphatic rings. The van der Waals surface area contributed by atoms with Crippen LogP contribution in [0.5, 0.6) is 0 Å². The predicted octanol–water partition coefficient (Wildman–Crippen LogP) is 3.02. The van der Waals surface area contributed by atoms with E-state index in [1.807, 2.05) is 18.2 Å². The van der Waals surface area contributed by atoms with Crippen molar-refractivity contribution >= 4 is 5.69 Å². The van der Waals surface area contributed by atoms with Gasteiger partial charge in [0.05, 0.1) is 6.10 Å². The number of halogens is 1. The lowest BCUT2D eigenvalue weighted by atomic mass is 9.85. The lowest BCUT2D eigenvalue weighted by Crippen LogP contribution is -2.25. The molecule has 18 heavy (non-hydrogen) atoms. The Morgan fingerprint density at radius 3 is 2.61 bits per heavy atom. The number of anilines is 1.